The topological polar surface area (TPSA) is 35.6 Å². The Morgan fingerprint density at radius 2 is 1.09 bits per heavy atom. The fourth-order valence-corrected chi connectivity index (χ4v) is 8.47. The normalized spacial score (nSPS) is 13.1. The van der Waals surface area contributed by atoms with Gasteiger partial charge in [0.25, 0.3) is 0 Å². The SMILES string of the molecule is C1=CCCC(c2cc(-c3ccccc3)nc(-n3c4ccc(-c5ccc6c(c5)c5ccccc5n6-c5ccccc5)cc4c4c5ccccc5ccc43)n2)=C1. The molecule has 54 heavy (non-hydrogen) atoms. The van der Waals surface area contributed by atoms with Crippen LogP contribution in [0.25, 0.3) is 94.0 Å². The molecule has 11 rings (SSSR count). The number of benzene rings is 7. The molecule has 3 heterocycles. The van der Waals surface area contributed by atoms with Crippen LogP contribution < -0.4 is 0 Å². The zero-order valence-corrected chi connectivity index (χ0v) is 29.5. The molecule has 0 N–H and O–H groups in total. The largest absolute Gasteiger partial charge is 0.309 e. The Morgan fingerprint density at radius 1 is 0.444 bits per heavy atom. The van der Waals surface area contributed by atoms with Crippen LogP contribution in [0.3, 0.4) is 0 Å². The number of aromatic nitrogens is 4. The second-order valence-corrected chi connectivity index (χ2v) is 14.1. The highest BCUT2D eigenvalue weighted by Crippen LogP contribution is 2.40. The van der Waals surface area contributed by atoms with Crippen molar-refractivity contribution in [1.82, 2.24) is 19.1 Å². The highest BCUT2D eigenvalue weighted by atomic mass is 15.2. The molecule has 4 heteroatoms. The van der Waals surface area contributed by atoms with Crippen molar-refractivity contribution in [3.05, 3.63) is 188 Å². The quantitative estimate of drug-likeness (QED) is 0.180. The van der Waals surface area contributed by atoms with Gasteiger partial charge < -0.3 is 4.57 Å². The Labute approximate surface area is 312 Å². The fraction of sp³-hybridized carbons (Fsp3) is 0.0400. The van der Waals surface area contributed by atoms with Crippen LogP contribution in [-0.2, 0) is 0 Å². The summed E-state index contributed by atoms with van der Waals surface area (Å²) in [5.41, 5.74) is 12.3. The molecule has 4 nitrogen and oxygen atoms in total. The van der Waals surface area contributed by atoms with Crippen LogP contribution in [0.2, 0.25) is 0 Å². The summed E-state index contributed by atoms with van der Waals surface area (Å²) in [5, 5.41) is 7.31. The average Bonchev–Trinajstić information content (AvgIpc) is 3.77. The molecule has 7 aromatic carbocycles. The van der Waals surface area contributed by atoms with Crippen LogP contribution in [0, 0.1) is 0 Å². The Hall–Kier alpha value is -7.04. The maximum Gasteiger partial charge on any atom is 0.235 e. The van der Waals surface area contributed by atoms with E-state index >= 15 is 0 Å². The highest BCUT2D eigenvalue weighted by molar-refractivity contribution is 6.22. The molecule has 3 aromatic heterocycles. The zero-order chi connectivity index (χ0) is 35.6. The van der Waals surface area contributed by atoms with E-state index in [1.165, 1.54) is 60.1 Å². The molecule has 10 aromatic rings. The molecule has 0 bridgehead atoms. The van der Waals surface area contributed by atoms with Crippen molar-refractivity contribution in [2.24, 2.45) is 0 Å². The van der Waals surface area contributed by atoms with Gasteiger partial charge in [-0.2, -0.15) is 0 Å². The zero-order valence-electron chi connectivity index (χ0n) is 29.5. The second kappa shape index (κ2) is 12.3. The summed E-state index contributed by atoms with van der Waals surface area (Å²) in [6.45, 7) is 0. The van der Waals surface area contributed by atoms with Gasteiger partial charge in [0, 0.05) is 32.8 Å². The van der Waals surface area contributed by atoms with Crippen molar-refractivity contribution in [1.29, 1.82) is 0 Å². The van der Waals surface area contributed by atoms with Gasteiger partial charge in [0.15, 0.2) is 0 Å². The van der Waals surface area contributed by atoms with Crippen LogP contribution in [0.4, 0.5) is 0 Å². The first kappa shape index (κ1) is 30.6. The van der Waals surface area contributed by atoms with Crippen LogP contribution in [0.15, 0.2) is 182 Å². The molecule has 0 unspecified atom stereocenters. The van der Waals surface area contributed by atoms with Crippen molar-refractivity contribution < 1.29 is 0 Å². The molecule has 0 radical (unpaired) electrons. The maximum atomic E-state index is 5.32. The van der Waals surface area contributed by atoms with Gasteiger partial charge in [-0.15, -0.1) is 0 Å². The Kier molecular flexibility index (Phi) is 6.96. The summed E-state index contributed by atoms with van der Waals surface area (Å²) < 4.78 is 4.64. The number of fused-ring (bicyclic) bond motifs is 8. The van der Waals surface area contributed by atoms with Crippen LogP contribution in [-0.4, -0.2) is 19.1 Å². The third-order valence-corrected chi connectivity index (χ3v) is 11.0. The van der Waals surface area contributed by atoms with Crippen molar-refractivity contribution in [3.8, 4) is 34.0 Å². The minimum absolute atomic E-state index is 0.681. The van der Waals surface area contributed by atoms with Crippen LogP contribution in [0.1, 0.15) is 18.5 Å². The lowest BCUT2D eigenvalue weighted by atomic mass is 9.99. The molecular formula is C50H34N4. The van der Waals surface area contributed by atoms with Crippen molar-refractivity contribution >= 4 is 60.0 Å². The number of hydrogen-bond donors (Lipinski definition) is 0. The van der Waals surface area contributed by atoms with Gasteiger partial charge in [0.2, 0.25) is 5.95 Å². The lowest BCUT2D eigenvalue weighted by molar-refractivity contribution is 0.965. The molecule has 0 atom stereocenters. The standard InChI is InChI=1S/C50H34N4/c1-4-15-34(16-5-1)43-32-44(35-17-6-2-7-18-35)52-50(51-43)54-47-28-26-37(31-42(47)49-39-21-11-10-14-33(39)24-29-48(49)54)36-25-27-46-41(30-36)40-22-12-13-23-45(40)53(46)38-19-8-3-9-20-38/h1-6,8-17,19-32H,7,18H2. The number of hydrogen-bond acceptors (Lipinski definition) is 2. The number of nitrogens with zero attached hydrogens (tertiary/aromatic N) is 4. The summed E-state index contributed by atoms with van der Waals surface area (Å²) in [6.07, 6.45) is 8.53. The van der Waals surface area contributed by atoms with E-state index in [0.717, 1.165) is 46.5 Å². The monoisotopic (exact) mass is 690 g/mol. The molecule has 0 saturated carbocycles. The highest BCUT2D eigenvalue weighted by Gasteiger charge is 2.20. The molecule has 1 aliphatic rings. The summed E-state index contributed by atoms with van der Waals surface area (Å²) in [7, 11) is 0. The van der Waals surface area contributed by atoms with E-state index in [0.29, 0.717) is 5.95 Å². The molecule has 0 aliphatic heterocycles. The van der Waals surface area contributed by atoms with Gasteiger partial charge >= 0.3 is 0 Å². The molecule has 0 saturated heterocycles. The molecule has 254 valence electrons. The van der Waals surface area contributed by atoms with Gasteiger partial charge in [-0.25, -0.2) is 9.97 Å². The number of rotatable bonds is 5. The van der Waals surface area contributed by atoms with E-state index in [1.807, 2.05) is 0 Å². The molecule has 0 spiro atoms. The summed E-state index contributed by atoms with van der Waals surface area (Å²) >= 11 is 0. The summed E-state index contributed by atoms with van der Waals surface area (Å²) in [5.74, 6) is 0.681. The lowest BCUT2D eigenvalue weighted by Crippen LogP contribution is -2.05. The van der Waals surface area contributed by atoms with Gasteiger partial charge in [0.1, 0.15) is 0 Å². The van der Waals surface area contributed by atoms with E-state index in [1.54, 1.807) is 0 Å². The second-order valence-electron chi connectivity index (χ2n) is 14.1. The van der Waals surface area contributed by atoms with Gasteiger partial charge in [-0.05, 0) is 94.9 Å². The third-order valence-electron chi connectivity index (χ3n) is 11.0. The minimum Gasteiger partial charge on any atom is -0.309 e. The Balaban J connectivity index is 1.16. The summed E-state index contributed by atoms with van der Waals surface area (Å²) in [4.78, 5) is 10.6. The maximum absolute atomic E-state index is 5.32. The smallest absolute Gasteiger partial charge is 0.235 e. The van der Waals surface area contributed by atoms with E-state index < -0.39 is 0 Å². The predicted octanol–water partition coefficient (Wildman–Crippen LogP) is 12.9. The first-order chi connectivity index (χ1) is 26.8. The molecule has 0 amide bonds. The Morgan fingerprint density at radius 3 is 1.89 bits per heavy atom. The first-order valence-electron chi connectivity index (χ1n) is 18.6. The average molecular weight is 691 g/mol. The van der Waals surface area contributed by atoms with E-state index in [4.69, 9.17) is 9.97 Å². The fourth-order valence-electron chi connectivity index (χ4n) is 8.47. The molecule has 0 fully saturated rings. The van der Waals surface area contributed by atoms with Gasteiger partial charge in [-0.3, -0.25) is 4.57 Å². The summed E-state index contributed by atoms with van der Waals surface area (Å²) in [6, 6.07) is 58.9. The van der Waals surface area contributed by atoms with Crippen LogP contribution >= 0.6 is 0 Å². The Bertz CT molecular complexity index is 3140. The lowest BCUT2D eigenvalue weighted by Gasteiger charge is -2.14. The minimum atomic E-state index is 0.681. The van der Waals surface area contributed by atoms with Gasteiger partial charge in [-0.1, -0.05) is 127 Å². The third kappa shape index (κ3) is 4.84. The van der Waals surface area contributed by atoms with Gasteiger partial charge in [0.05, 0.1) is 33.5 Å². The van der Waals surface area contributed by atoms with E-state index in [9.17, 15) is 0 Å². The molecule has 1 aliphatic carbocycles. The van der Waals surface area contributed by atoms with Crippen molar-refractivity contribution in [3.63, 3.8) is 0 Å². The predicted molar refractivity (Wildman–Crippen MR) is 225 cm³/mol. The van der Waals surface area contributed by atoms with E-state index in [-0.39, 0.29) is 0 Å². The number of allylic oxidation sites excluding steroid dienone is 4. The van der Waals surface area contributed by atoms with Crippen molar-refractivity contribution in [2.75, 3.05) is 0 Å². The molecular weight excluding hydrogens is 657 g/mol. The van der Waals surface area contributed by atoms with Crippen LogP contribution in [0.5, 0.6) is 0 Å². The van der Waals surface area contributed by atoms with Crippen molar-refractivity contribution in [2.45, 2.75) is 12.8 Å². The number of para-hydroxylation sites is 2. The first-order valence-corrected chi connectivity index (χ1v) is 18.6. The van der Waals surface area contributed by atoms with E-state index in [2.05, 4.69) is 191 Å².